The van der Waals surface area contributed by atoms with Crippen molar-refractivity contribution in [3.63, 3.8) is 0 Å². The Morgan fingerprint density at radius 3 is 3.00 bits per heavy atom. The molecular formula is C13H21N3O3. The van der Waals surface area contributed by atoms with Crippen LogP contribution in [-0.4, -0.2) is 40.2 Å². The van der Waals surface area contributed by atoms with Gasteiger partial charge in [-0.2, -0.15) is 4.98 Å². The lowest BCUT2D eigenvalue weighted by Gasteiger charge is -2.32. The molecule has 0 aliphatic carbocycles. The van der Waals surface area contributed by atoms with E-state index in [0.29, 0.717) is 24.9 Å². The van der Waals surface area contributed by atoms with E-state index in [1.54, 1.807) is 0 Å². The standard InChI is InChI=1S/C13H21N3O3/c1-3-12-14-11(15-19-12)9-16-8-6-5-7-10(16)13(17)18-4-2/h10H,3-9H2,1-2H3/t10-/m1/s1. The highest BCUT2D eigenvalue weighted by atomic mass is 16.5. The zero-order chi connectivity index (χ0) is 13.7. The van der Waals surface area contributed by atoms with Crippen molar-refractivity contribution in [2.45, 2.75) is 52.1 Å². The number of rotatable bonds is 5. The number of ether oxygens (including phenoxy) is 1. The first-order valence-electron chi connectivity index (χ1n) is 6.96. The van der Waals surface area contributed by atoms with Crippen LogP contribution in [0.25, 0.3) is 0 Å². The third-order valence-corrected chi connectivity index (χ3v) is 3.33. The molecule has 106 valence electrons. The van der Waals surface area contributed by atoms with Gasteiger partial charge in [0.1, 0.15) is 6.04 Å². The lowest BCUT2D eigenvalue weighted by molar-refractivity contribution is -0.151. The Hall–Kier alpha value is -1.43. The van der Waals surface area contributed by atoms with Gasteiger partial charge in [0.05, 0.1) is 13.2 Å². The average molecular weight is 267 g/mol. The number of piperidine rings is 1. The van der Waals surface area contributed by atoms with Gasteiger partial charge in [0.15, 0.2) is 5.82 Å². The molecule has 1 aromatic heterocycles. The zero-order valence-corrected chi connectivity index (χ0v) is 11.6. The highest BCUT2D eigenvalue weighted by molar-refractivity contribution is 5.75. The molecule has 2 heterocycles. The van der Waals surface area contributed by atoms with E-state index in [1.165, 1.54) is 0 Å². The lowest BCUT2D eigenvalue weighted by atomic mass is 10.0. The summed E-state index contributed by atoms with van der Waals surface area (Å²) < 4.78 is 10.2. The van der Waals surface area contributed by atoms with Crippen LogP contribution in [0.15, 0.2) is 4.52 Å². The summed E-state index contributed by atoms with van der Waals surface area (Å²) in [6.07, 6.45) is 3.73. The lowest BCUT2D eigenvalue weighted by Crippen LogP contribution is -2.45. The molecular weight excluding hydrogens is 246 g/mol. The molecule has 0 unspecified atom stereocenters. The Morgan fingerprint density at radius 2 is 2.32 bits per heavy atom. The van der Waals surface area contributed by atoms with Crippen LogP contribution >= 0.6 is 0 Å². The van der Waals surface area contributed by atoms with Gasteiger partial charge >= 0.3 is 5.97 Å². The maximum absolute atomic E-state index is 11.9. The fraction of sp³-hybridized carbons (Fsp3) is 0.769. The van der Waals surface area contributed by atoms with E-state index >= 15 is 0 Å². The summed E-state index contributed by atoms with van der Waals surface area (Å²) in [4.78, 5) is 18.3. The number of esters is 1. The Kier molecular flexibility index (Phi) is 4.90. The zero-order valence-electron chi connectivity index (χ0n) is 11.6. The smallest absolute Gasteiger partial charge is 0.323 e. The summed E-state index contributed by atoms with van der Waals surface area (Å²) >= 11 is 0. The average Bonchev–Trinajstić information content (AvgIpc) is 2.87. The summed E-state index contributed by atoms with van der Waals surface area (Å²) in [5.74, 6) is 1.15. The van der Waals surface area contributed by atoms with Crippen LogP contribution in [0.3, 0.4) is 0 Å². The quantitative estimate of drug-likeness (QED) is 0.754. The summed E-state index contributed by atoms with van der Waals surface area (Å²) in [6, 6.07) is -0.169. The van der Waals surface area contributed by atoms with Crippen LogP contribution in [0.4, 0.5) is 0 Å². The van der Waals surface area contributed by atoms with Crippen molar-refractivity contribution in [2.24, 2.45) is 0 Å². The molecule has 1 fully saturated rings. The topological polar surface area (TPSA) is 68.5 Å². The molecule has 1 aliphatic heterocycles. The molecule has 6 heteroatoms. The first kappa shape index (κ1) is 14.0. The maximum atomic E-state index is 11.9. The van der Waals surface area contributed by atoms with Crippen LogP contribution in [0.2, 0.25) is 0 Å². The number of hydrogen-bond donors (Lipinski definition) is 0. The van der Waals surface area contributed by atoms with Crippen molar-refractivity contribution >= 4 is 5.97 Å². The van der Waals surface area contributed by atoms with E-state index in [0.717, 1.165) is 32.2 Å². The van der Waals surface area contributed by atoms with E-state index in [4.69, 9.17) is 9.26 Å². The van der Waals surface area contributed by atoms with Crippen molar-refractivity contribution in [2.75, 3.05) is 13.2 Å². The van der Waals surface area contributed by atoms with Gasteiger partial charge in [-0.15, -0.1) is 0 Å². The second-order valence-corrected chi connectivity index (χ2v) is 4.69. The molecule has 1 aromatic rings. The van der Waals surface area contributed by atoms with Crippen LogP contribution in [0.1, 0.15) is 44.8 Å². The monoisotopic (exact) mass is 267 g/mol. The van der Waals surface area contributed by atoms with Crippen molar-refractivity contribution in [1.82, 2.24) is 15.0 Å². The number of carbonyl (C=O) groups is 1. The van der Waals surface area contributed by atoms with Gasteiger partial charge in [-0.05, 0) is 26.3 Å². The second kappa shape index (κ2) is 6.65. The number of aryl methyl sites for hydroxylation is 1. The van der Waals surface area contributed by atoms with Crippen molar-refractivity contribution in [3.8, 4) is 0 Å². The second-order valence-electron chi connectivity index (χ2n) is 4.69. The predicted octanol–water partition coefficient (Wildman–Crippen LogP) is 1.55. The highest BCUT2D eigenvalue weighted by Gasteiger charge is 2.30. The van der Waals surface area contributed by atoms with Crippen LogP contribution in [0, 0.1) is 0 Å². The SMILES string of the molecule is CCOC(=O)[C@H]1CCCCN1Cc1noc(CC)n1. The van der Waals surface area contributed by atoms with Gasteiger partial charge in [-0.3, -0.25) is 9.69 Å². The number of carbonyl (C=O) groups excluding carboxylic acids is 1. The van der Waals surface area contributed by atoms with Gasteiger partial charge in [0.25, 0.3) is 0 Å². The largest absolute Gasteiger partial charge is 0.465 e. The van der Waals surface area contributed by atoms with E-state index in [2.05, 4.69) is 15.0 Å². The molecule has 0 amide bonds. The minimum atomic E-state index is -0.169. The van der Waals surface area contributed by atoms with Crippen LogP contribution in [0.5, 0.6) is 0 Å². The van der Waals surface area contributed by atoms with Crippen molar-refractivity contribution in [3.05, 3.63) is 11.7 Å². The van der Waals surface area contributed by atoms with Crippen LogP contribution in [-0.2, 0) is 22.5 Å². The normalized spacial score (nSPS) is 20.4. The molecule has 0 aromatic carbocycles. The summed E-state index contributed by atoms with van der Waals surface area (Å²) in [7, 11) is 0. The van der Waals surface area contributed by atoms with Crippen molar-refractivity contribution in [1.29, 1.82) is 0 Å². The molecule has 1 atom stereocenters. The third-order valence-electron chi connectivity index (χ3n) is 3.33. The van der Waals surface area contributed by atoms with Gasteiger partial charge in [-0.25, -0.2) is 0 Å². The predicted molar refractivity (Wildman–Crippen MR) is 68.4 cm³/mol. The number of aromatic nitrogens is 2. The van der Waals surface area contributed by atoms with E-state index in [-0.39, 0.29) is 12.0 Å². The van der Waals surface area contributed by atoms with Crippen molar-refractivity contribution < 1.29 is 14.1 Å². The minimum absolute atomic E-state index is 0.138. The Bertz CT molecular complexity index is 419. The molecule has 0 spiro atoms. The third kappa shape index (κ3) is 3.53. The fourth-order valence-electron chi connectivity index (χ4n) is 2.37. The highest BCUT2D eigenvalue weighted by Crippen LogP contribution is 2.20. The molecule has 0 N–H and O–H groups in total. The summed E-state index contributed by atoms with van der Waals surface area (Å²) in [5.41, 5.74) is 0. The van der Waals surface area contributed by atoms with Gasteiger partial charge in [0, 0.05) is 6.42 Å². The molecule has 0 bridgehead atoms. The molecule has 0 radical (unpaired) electrons. The van der Waals surface area contributed by atoms with Gasteiger partial charge < -0.3 is 9.26 Å². The van der Waals surface area contributed by atoms with E-state index in [1.807, 2.05) is 13.8 Å². The number of hydrogen-bond acceptors (Lipinski definition) is 6. The molecule has 0 saturated carbocycles. The minimum Gasteiger partial charge on any atom is -0.465 e. The molecule has 2 rings (SSSR count). The van der Waals surface area contributed by atoms with E-state index in [9.17, 15) is 4.79 Å². The van der Waals surface area contributed by atoms with E-state index < -0.39 is 0 Å². The summed E-state index contributed by atoms with van der Waals surface area (Å²) in [6.45, 7) is 5.65. The maximum Gasteiger partial charge on any atom is 0.323 e. The number of likely N-dealkylation sites (tertiary alicyclic amines) is 1. The number of nitrogens with zero attached hydrogens (tertiary/aromatic N) is 3. The Labute approximate surface area is 113 Å². The van der Waals surface area contributed by atoms with Gasteiger partial charge in [-0.1, -0.05) is 18.5 Å². The Balaban J connectivity index is 2.00. The molecule has 1 aliphatic rings. The molecule has 19 heavy (non-hydrogen) atoms. The Morgan fingerprint density at radius 1 is 1.47 bits per heavy atom. The first-order chi connectivity index (χ1) is 9.24. The molecule has 1 saturated heterocycles. The van der Waals surface area contributed by atoms with Gasteiger partial charge in [0.2, 0.25) is 5.89 Å². The summed E-state index contributed by atoms with van der Waals surface area (Å²) in [5, 5.41) is 3.94. The fourth-order valence-corrected chi connectivity index (χ4v) is 2.37. The molecule has 6 nitrogen and oxygen atoms in total. The first-order valence-corrected chi connectivity index (χ1v) is 6.96. The van der Waals surface area contributed by atoms with Crippen LogP contribution < -0.4 is 0 Å².